The number of pyridine rings is 1. The summed E-state index contributed by atoms with van der Waals surface area (Å²) in [5.74, 6) is -1.73. The van der Waals surface area contributed by atoms with Gasteiger partial charge in [-0.05, 0) is 30.2 Å². The largest absolute Gasteiger partial charge is 0.432 e. The molecule has 1 saturated heterocycles. The molecule has 0 bridgehead atoms. The number of carbonyl (C=O) groups excluding carboxylic acids is 1. The summed E-state index contributed by atoms with van der Waals surface area (Å²) in [6.07, 6.45) is 2.29. The van der Waals surface area contributed by atoms with Crippen molar-refractivity contribution >= 4 is 16.9 Å². The zero-order chi connectivity index (χ0) is 20.5. The highest BCUT2D eigenvalue weighted by atomic mass is 19.3. The van der Waals surface area contributed by atoms with Gasteiger partial charge in [0.1, 0.15) is 18.2 Å². The quantitative estimate of drug-likeness (QED) is 0.607. The summed E-state index contributed by atoms with van der Waals surface area (Å²) in [4.78, 5) is 18.1. The third kappa shape index (κ3) is 4.01. The minimum Gasteiger partial charge on any atom is -0.432 e. The maximum absolute atomic E-state index is 13.7. The molecule has 0 aliphatic carbocycles. The number of halogens is 4. The number of benzene rings is 1. The Balaban J connectivity index is 1.63. The highest BCUT2D eigenvalue weighted by Gasteiger charge is 2.26. The lowest BCUT2D eigenvalue weighted by Gasteiger charge is -2.15. The van der Waals surface area contributed by atoms with Gasteiger partial charge in [-0.3, -0.25) is 14.5 Å². The van der Waals surface area contributed by atoms with Crippen LogP contribution in [0.5, 0.6) is 5.75 Å². The predicted molar refractivity (Wildman–Crippen MR) is 95.6 cm³/mol. The Morgan fingerprint density at radius 2 is 2.07 bits per heavy atom. The number of amides is 1. The Bertz CT molecular complexity index is 1060. The zero-order valence-corrected chi connectivity index (χ0v) is 15.1. The molecular formula is C19H16F4N4O2. The van der Waals surface area contributed by atoms with E-state index in [0.29, 0.717) is 35.1 Å². The standard InChI is InChI=1S/C19H16F4N4O2/c20-13-3-4-26(9-13)18(28)10-27-16-5-12(7-24-15(16)8-25-27)11-1-2-14(21)17(6-11)29-19(22)23/h1-2,5-8,13,19H,3-4,9-10H2. The molecule has 152 valence electrons. The maximum Gasteiger partial charge on any atom is 0.387 e. The first-order valence-electron chi connectivity index (χ1n) is 8.89. The van der Waals surface area contributed by atoms with Crippen molar-refractivity contribution in [1.29, 1.82) is 0 Å². The van der Waals surface area contributed by atoms with Gasteiger partial charge in [0.15, 0.2) is 11.6 Å². The Morgan fingerprint density at radius 3 is 2.79 bits per heavy atom. The zero-order valence-electron chi connectivity index (χ0n) is 15.1. The van der Waals surface area contributed by atoms with Gasteiger partial charge in [0.2, 0.25) is 5.91 Å². The van der Waals surface area contributed by atoms with Gasteiger partial charge < -0.3 is 9.64 Å². The topological polar surface area (TPSA) is 60.3 Å². The fourth-order valence-corrected chi connectivity index (χ4v) is 3.28. The number of hydrogen-bond donors (Lipinski definition) is 0. The number of nitrogens with zero attached hydrogens (tertiary/aromatic N) is 4. The van der Waals surface area contributed by atoms with Crippen molar-refractivity contribution in [3.8, 4) is 16.9 Å². The van der Waals surface area contributed by atoms with Crippen LogP contribution < -0.4 is 4.74 Å². The lowest BCUT2D eigenvalue weighted by molar-refractivity contribution is -0.131. The number of ether oxygens (including phenoxy) is 1. The second kappa shape index (κ2) is 7.69. The van der Waals surface area contributed by atoms with Crippen LogP contribution in [0.2, 0.25) is 0 Å². The first-order valence-corrected chi connectivity index (χ1v) is 8.89. The summed E-state index contributed by atoms with van der Waals surface area (Å²) in [5, 5.41) is 4.16. The first-order chi connectivity index (χ1) is 13.9. The van der Waals surface area contributed by atoms with Gasteiger partial charge in [-0.25, -0.2) is 8.78 Å². The van der Waals surface area contributed by atoms with Crippen molar-refractivity contribution in [2.75, 3.05) is 13.1 Å². The minimum absolute atomic E-state index is 0.0734. The van der Waals surface area contributed by atoms with Gasteiger partial charge in [-0.2, -0.15) is 13.9 Å². The molecule has 1 aromatic carbocycles. The summed E-state index contributed by atoms with van der Waals surface area (Å²) in [5.41, 5.74) is 1.98. The summed E-state index contributed by atoms with van der Waals surface area (Å²) in [6.45, 7) is -2.79. The molecule has 1 fully saturated rings. The molecule has 0 saturated carbocycles. The number of hydrogen-bond acceptors (Lipinski definition) is 4. The van der Waals surface area contributed by atoms with E-state index in [1.54, 1.807) is 6.07 Å². The number of likely N-dealkylation sites (tertiary alicyclic amines) is 1. The van der Waals surface area contributed by atoms with Gasteiger partial charge in [-0.15, -0.1) is 0 Å². The monoisotopic (exact) mass is 408 g/mol. The van der Waals surface area contributed by atoms with Crippen LogP contribution >= 0.6 is 0 Å². The fourth-order valence-electron chi connectivity index (χ4n) is 3.28. The average molecular weight is 408 g/mol. The lowest BCUT2D eigenvalue weighted by atomic mass is 10.1. The molecule has 2 aromatic heterocycles. The molecular weight excluding hydrogens is 392 g/mol. The molecule has 4 rings (SSSR count). The van der Waals surface area contributed by atoms with Crippen molar-refractivity contribution in [3.05, 3.63) is 42.5 Å². The van der Waals surface area contributed by atoms with Crippen LogP contribution in [0.25, 0.3) is 22.2 Å². The van der Waals surface area contributed by atoms with Crippen molar-refractivity contribution in [3.63, 3.8) is 0 Å². The number of carbonyl (C=O) groups is 1. The van der Waals surface area contributed by atoms with Crippen LogP contribution in [0.4, 0.5) is 17.6 Å². The lowest BCUT2D eigenvalue weighted by Crippen LogP contribution is -2.32. The molecule has 6 nitrogen and oxygen atoms in total. The van der Waals surface area contributed by atoms with Gasteiger partial charge in [0.05, 0.1) is 18.3 Å². The Labute approximate surface area is 162 Å². The van der Waals surface area contributed by atoms with Crippen LogP contribution in [0.3, 0.4) is 0 Å². The Kier molecular flexibility index (Phi) is 5.08. The number of fused-ring (bicyclic) bond motifs is 1. The average Bonchev–Trinajstić information content (AvgIpc) is 3.29. The van der Waals surface area contributed by atoms with Crippen LogP contribution in [0.1, 0.15) is 6.42 Å². The number of alkyl halides is 3. The fraction of sp³-hybridized carbons (Fsp3) is 0.316. The van der Waals surface area contributed by atoms with E-state index in [1.807, 2.05) is 0 Å². The SMILES string of the molecule is O=C(Cn1ncc2ncc(-c3ccc(F)c(OC(F)F)c3)cc21)N1CCC(F)C1. The Hall–Kier alpha value is -3.17. The van der Waals surface area contributed by atoms with Gasteiger partial charge >= 0.3 is 6.61 Å². The van der Waals surface area contributed by atoms with Crippen molar-refractivity contribution in [2.45, 2.75) is 25.7 Å². The third-order valence-electron chi connectivity index (χ3n) is 4.74. The smallest absolute Gasteiger partial charge is 0.387 e. The van der Waals surface area contributed by atoms with E-state index in [9.17, 15) is 22.4 Å². The predicted octanol–water partition coefficient (Wildman–Crippen LogP) is 3.41. The van der Waals surface area contributed by atoms with E-state index in [0.717, 1.165) is 12.1 Å². The van der Waals surface area contributed by atoms with Crippen LogP contribution in [0, 0.1) is 5.82 Å². The second-order valence-corrected chi connectivity index (χ2v) is 6.68. The van der Waals surface area contributed by atoms with Gasteiger partial charge in [-0.1, -0.05) is 6.07 Å². The van der Waals surface area contributed by atoms with E-state index in [4.69, 9.17) is 0 Å². The molecule has 3 heterocycles. The maximum atomic E-state index is 13.7. The molecule has 1 aliphatic rings. The summed E-state index contributed by atoms with van der Waals surface area (Å²) >= 11 is 0. The minimum atomic E-state index is -3.15. The molecule has 1 amide bonds. The van der Waals surface area contributed by atoms with E-state index in [1.165, 1.54) is 28.0 Å². The molecule has 0 radical (unpaired) electrons. The molecule has 0 N–H and O–H groups in total. The molecule has 1 unspecified atom stereocenters. The number of aromatic nitrogens is 3. The van der Waals surface area contributed by atoms with Crippen LogP contribution in [0.15, 0.2) is 36.7 Å². The summed E-state index contributed by atoms with van der Waals surface area (Å²) in [6, 6.07) is 5.26. The van der Waals surface area contributed by atoms with Crippen molar-refractivity contribution < 1.29 is 27.1 Å². The third-order valence-corrected chi connectivity index (χ3v) is 4.74. The van der Waals surface area contributed by atoms with Crippen molar-refractivity contribution in [1.82, 2.24) is 19.7 Å². The molecule has 0 spiro atoms. The first kappa shape index (κ1) is 19.2. The highest BCUT2D eigenvalue weighted by Crippen LogP contribution is 2.29. The molecule has 3 aromatic rings. The van der Waals surface area contributed by atoms with E-state index < -0.39 is 24.3 Å². The number of rotatable bonds is 5. The van der Waals surface area contributed by atoms with Gasteiger partial charge in [0.25, 0.3) is 0 Å². The second-order valence-electron chi connectivity index (χ2n) is 6.68. The van der Waals surface area contributed by atoms with Gasteiger partial charge in [0, 0.05) is 18.3 Å². The normalized spacial score (nSPS) is 16.7. The molecule has 1 aliphatic heterocycles. The molecule has 29 heavy (non-hydrogen) atoms. The Morgan fingerprint density at radius 1 is 1.24 bits per heavy atom. The van der Waals surface area contributed by atoms with E-state index in [-0.39, 0.29) is 19.0 Å². The summed E-state index contributed by atoms with van der Waals surface area (Å²) < 4.78 is 57.6. The van der Waals surface area contributed by atoms with Crippen LogP contribution in [-0.2, 0) is 11.3 Å². The van der Waals surface area contributed by atoms with Crippen molar-refractivity contribution in [2.24, 2.45) is 0 Å². The molecule has 1 atom stereocenters. The van der Waals surface area contributed by atoms with E-state index in [2.05, 4.69) is 14.8 Å². The summed E-state index contributed by atoms with van der Waals surface area (Å²) in [7, 11) is 0. The van der Waals surface area contributed by atoms with Crippen LogP contribution in [-0.4, -0.2) is 51.4 Å². The highest BCUT2D eigenvalue weighted by molar-refractivity contribution is 5.83. The van der Waals surface area contributed by atoms with E-state index >= 15 is 0 Å². The molecule has 10 heteroatoms.